The van der Waals surface area contributed by atoms with Crippen LogP contribution in [0.3, 0.4) is 0 Å². The second kappa shape index (κ2) is 4.80. The van der Waals surface area contributed by atoms with Gasteiger partial charge in [-0.3, -0.25) is 9.78 Å². The van der Waals surface area contributed by atoms with Crippen molar-refractivity contribution < 1.29 is 13.2 Å². The molecule has 0 aromatic carbocycles. The molecule has 0 unspecified atom stereocenters. The molecule has 1 amide bonds. The molecule has 7 heteroatoms. The highest BCUT2D eigenvalue weighted by Crippen LogP contribution is 2.02. The SMILES string of the molecule is CC(C)(C)NS(=O)(=O)NC(=O)c1cccnc1. The summed E-state index contributed by atoms with van der Waals surface area (Å²) in [5.74, 6) is -0.713. The van der Waals surface area contributed by atoms with Gasteiger partial charge in [0, 0.05) is 17.9 Å². The van der Waals surface area contributed by atoms with E-state index in [9.17, 15) is 13.2 Å². The van der Waals surface area contributed by atoms with Crippen LogP contribution in [0.15, 0.2) is 24.5 Å². The molecular weight excluding hydrogens is 242 g/mol. The summed E-state index contributed by atoms with van der Waals surface area (Å²) in [6, 6.07) is 3.04. The zero-order valence-corrected chi connectivity index (χ0v) is 10.7. The number of hydrogen-bond donors (Lipinski definition) is 2. The maximum Gasteiger partial charge on any atom is 0.302 e. The van der Waals surface area contributed by atoms with Crippen molar-refractivity contribution in [1.29, 1.82) is 0 Å². The molecule has 0 aliphatic heterocycles. The molecule has 6 nitrogen and oxygen atoms in total. The van der Waals surface area contributed by atoms with Crippen molar-refractivity contribution in [3.63, 3.8) is 0 Å². The maximum atomic E-state index is 11.6. The lowest BCUT2D eigenvalue weighted by Gasteiger charge is -2.20. The van der Waals surface area contributed by atoms with E-state index >= 15 is 0 Å². The summed E-state index contributed by atoms with van der Waals surface area (Å²) in [5.41, 5.74) is -0.465. The van der Waals surface area contributed by atoms with E-state index in [4.69, 9.17) is 0 Å². The van der Waals surface area contributed by atoms with Gasteiger partial charge in [-0.25, -0.2) is 4.72 Å². The van der Waals surface area contributed by atoms with Gasteiger partial charge in [-0.1, -0.05) is 0 Å². The molecule has 0 bridgehead atoms. The number of nitrogens with one attached hydrogen (secondary N) is 2. The van der Waals surface area contributed by atoms with Crippen molar-refractivity contribution in [2.75, 3.05) is 0 Å². The molecule has 94 valence electrons. The lowest BCUT2D eigenvalue weighted by molar-refractivity contribution is 0.0980. The van der Waals surface area contributed by atoms with Gasteiger partial charge in [0.25, 0.3) is 5.91 Å². The van der Waals surface area contributed by atoms with E-state index < -0.39 is 21.7 Å². The summed E-state index contributed by atoms with van der Waals surface area (Å²) >= 11 is 0. The summed E-state index contributed by atoms with van der Waals surface area (Å²) < 4.78 is 27.4. The maximum absolute atomic E-state index is 11.6. The van der Waals surface area contributed by atoms with Crippen molar-refractivity contribution >= 4 is 16.1 Å². The molecule has 0 fully saturated rings. The summed E-state index contributed by atoms with van der Waals surface area (Å²) in [6.45, 7) is 5.04. The zero-order valence-electron chi connectivity index (χ0n) is 9.89. The minimum atomic E-state index is -3.86. The first kappa shape index (κ1) is 13.6. The van der Waals surface area contributed by atoms with E-state index in [-0.39, 0.29) is 5.56 Å². The van der Waals surface area contributed by atoms with Crippen LogP contribution in [0.1, 0.15) is 31.1 Å². The van der Waals surface area contributed by atoms with Gasteiger partial charge in [0.05, 0.1) is 5.56 Å². The predicted molar refractivity (Wildman–Crippen MR) is 63.5 cm³/mol. The Morgan fingerprint density at radius 1 is 1.35 bits per heavy atom. The number of pyridine rings is 1. The molecule has 0 saturated heterocycles. The number of carbonyl (C=O) groups excluding carboxylic acids is 1. The molecular formula is C10H15N3O3S. The van der Waals surface area contributed by atoms with Gasteiger partial charge in [-0.15, -0.1) is 0 Å². The fourth-order valence-corrected chi connectivity index (χ4v) is 2.33. The topological polar surface area (TPSA) is 88.2 Å². The van der Waals surface area contributed by atoms with E-state index in [1.165, 1.54) is 18.5 Å². The summed E-state index contributed by atoms with van der Waals surface area (Å²) in [7, 11) is -3.86. The molecule has 0 aliphatic rings. The van der Waals surface area contributed by atoms with Gasteiger partial charge in [0.15, 0.2) is 0 Å². The number of carbonyl (C=O) groups is 1. The van der Waals surface area contributed by atoms with Gasteiger partial charge in [0.1, 0.15) is 0 Å². The molecule has 1 aromatic heterocycles. The third-order valence-electron chi connectivity index (χ3n) is 1.59. The lowest BCUT2D eigenvalue weighted by atomic mass is 10.1. The first-order chi connectivity index (χ1) is 7.70. The second-order valence-corrected chi connectivity index (χ2v) is 5.94. The smallest absolute Gasteiger partial charge is 0.268 e. The molecule has 1 rings (SSSR count). The number of aromatic nitrogens is 1. The van der Waals surface area contributed by atoms with Crippen LogP contribution in [-0.4, -0.2) is 24.8 Å². The van der Waals surface area contributed by atoms with Crippen molar-refractivity contribution in [1.82, 2.24) is 14.4 Å². The summed E-state index contributed by atoms with van der Waals surface area (Å²) in [5, 5.41) is 0. The predicted octanol–water partition coefficient (Wildman–Crippen LogP) is 0.444. The highest BCUT2D eigenvalue weighted by molar-refractivity contribution is 7.88. The van der Waals surface area contributed by atoms with E-state index in [1.54, 1.807) is 26.8 Å². The van der Waals surface area contributed by atoms with Crippen LogP contribution in [-0.2, 0) is 10.2 Å². The highest BCUT2D eigenvalue weighted by Gasteiger charge is 2.22. The third-order valence-corrected chi connectivity index (χ3v) is 2.93. The Labute approximate surface area is 101 Å². The second-order valence-electron chi connectivity index (χ2n) is 4.53. The lowest BCUT2D eigenvalue weighted by Crippen LogP contribution is -2.48. The standard InChI is InChI=1S/C10H15N3O3S/c1-10(2,3)13-17(15,16)12-9(14)8-5-4-6-11-7-8/h4-7,13H,1-3H3,(H,12,14). The Balaban J connectivity index is 2.76. The molecule has 1 heterocycles. The Bertz CT molecular complexity index is 491. The van der Waals surface area contributed by atoms with Gasteiger partial charge < -0.3 is 0 Å². The minimum absolute atomic E-state index is 0.187. The van der Waals surface area contributed by atoms with Gasteiger partial charge >= 0.3 is 10.2 Å². The van der Waals surface area contributed by atoms with E-state index in [2.05, 4.69) is 9.71 Å². The van der Waals surface area contributed by atoms with Crippen molar-refractivity contribution in [3.05, 3.63) is 30.1 Å². The number of rotatable bonds is 3. The first-order valence-electron chi connectivity index (χ1n) is 4.96. The molecule has 0 spiro atoms. The molecule has 2 N–H and O–H groups in total. The van der Waals surface area contributed by atoms with Crippen molar-refractivity contribution in [2.45, 2.75) is 26.3 Å². The van der Waals surface area contributed by atoms with Crippen LogP contribution in [0.5, 0.6) is 0 Å². The van der Waals surface area contributed by atoms with Gasteiger partial charge in [-0.05, 0) is 32.9 Å². The molecule has 0 radical (unpaired) electrons. The third kappa shape index (κ3) is 4.92. The van der Waals surface area contributed by atoms with Crippen LogP contribution in [0.4, 0.5) is 0 Å². The van der Waals surface area contributed by atoms with Crippen LogP contribution in [0, 0.1) is 0 Å². The monoisotopic (exact) mass is 257 g/mol. The number of amides is 1. The fraction of sp³-hybridized carbons (Fsp3) is 0.400. The highest BCUT2D eigenvalue weighted by atomic mass is 32.2. The van der Waals surface area contributed by atoms with Crippen molar-refractivity contribution in [3.8, 4) is 0 Å². The quantitative estimate of drug-likeness (QED) is 0.822. The van der Waals surface area contributed by atoms with Crippen LogP contribution < -0.4 is 9.44 Å². The number of nitrogens with zero attached hydrogens (tertiary/aromatic N) is 1. The number of hydrogen-bond acceptors (Lipinski definition) is 4. The molecule has 1 aromatic rings. The molecule has 0 saturated carbocycles. The zero-order chi connectivity index (χ0) is 13.1. The Hall–Kier alpha value is -1.47. The van der Waals surface area contributed by atoms with E-state index in [0.717, 1.165) is 0 Å². The average Bonchev–Trinajstić information content (AvgIpc) is 2.14. The van der Waals surface area contributed by atoms with Crippen molar-refractivity contribution in [2.24, 2.45) is 0 Å². The van der Waals surface area contributed by atoms with Crippen LogP contribution >= 0.6 is 0 Å². The Kier molecular flexibility index (Phi) is 3.84. The minimum Gasteiger partial charge on any atom is -0.268 e. The summed E-state index contributed by atoms with van der Waals surface area (Å²) in [6.07, 6.45) is 2.79. The first-order valence-corrected chi connectivity index (χ1v) is 6.44. The van der Waals surface area contributed by atoms with Crippen LogP contribution in [0.2, 0.25) is 0 Å². The van der Waals surface area contributed by atoms with Gasteiger partial charge in [0.2, 0.25) is 0 Å². The van der Waals surface area contributed by atoms with Gasteiger partial charge in [-0.2, -0.15) is 13.1 Å². The fourth-order valence-electron chi connectivity index (χ4n) is 1.11. The molecule has 17 heavy (non-hydrogen) atoms. The van der Waals surface area contributed by atoms with Crippen LogP contribution in [0.25, 0.3) is 0 Å². The molecule has 0 atom stereocenters. The summed E-state index contributed by atoms with van der Waals surface area (Å²) in [4.78, 5) is 15.3. The Morgan fingerprint density at radius 3 is 2.47 bits per heavy atom. The van der Waals surface area contributed by atoms with E-state index in [0.29, 0.717) is 0 Å². The van der Waals surface area contributed by atoms with E-state index in [1.807, 2.05) is 4.72 Å². The molecule has 0 aliphatic carbocycles. The normalized spacial score (nSPS) is 12.2. The Morgan fingerprint density at radius 2 is 2.00 bits per heavy atom. The largest absolute Gasteiger partial charge is 0.302 e. The average molecular weight is 257 g/mol.